The second kappa shape index (κ2) is 12.5. The van der Waals surface area contributed by atoms with Crippen LogP contribution in [0.3, 0.4) is 0 Å². The van der Waals surface area contributed by atoms with Crippen molar-refractivity contribution < 1.29 is 0 Å². The van der Waals surface area contributed by atoms with Crippen molar-refractivity contribution in [2.75, 3.05) is 0 Å². The predicted octanol–water partition coefficient (Wildman–Crippen LogP) is 13.7. The Morgan fingerprint density at radius 2 is 1.07 bits per heavy atom. The molecule has 56 heavy (non-hydrogen) atoms. The Hall–Kier alpha value is -7.10. The summed E-state index contributed by atoms with van der Waals surface area (Å²) in [6, 6.07) is 67.7. The fraction of sp³-hybridized carbons (Fsp3) is 0.0566. The Labute approximate surface area is 326 Å². The SMILES string of the molecule is CC1(C)c2ccccc2-c2cc3c4ccccc4n(-c4cc(-c5nc(-c6cccc(-c7ccccc7)c6)c6ccccc6n5)ccc4-c4ccccc4)c3cc21. The van der Waals surface area contributed by atoms with Crippen LogP contribution in [-0.2, 0) is 5.41 Å². The number of aromatic nitrogens is 3. The number of hydrogen-bond acceptors (Lipinski definition) is 2. The summed E-state index contributed by atoms with van der Waals surface area (Å²) in [7, 11) is 0. The first-order valence-electron chi connectivity index (χ1n) is 19.3. The van der Waals surface area contributed by atoms with Gasteiger partial charge in [0.15, 0.2) is 5.82 Å². The van der Waals surface area contributed by atoms with Crippen LogP contribution in [0.2, 0.25) is 0 Å². The zero-order chi connectivity index (χ0) is 37.4. The van der Waals surface area contributed by atoms with Gasteiger partial charge in [0.05, 0.1) is 27.9 Å². The van der Waals surface area contributed by atoms with E-state index in [4.69, 9.17) is 9.97 Å². The Bertz CT molecular complexity index is 3150. The molecule has 0 fully saturated rings. The van der Waals surface area contributed by atoms with Crippen LogP contribution in [0, 0.1) is 0 Å². The number of hydrogen-bond donors (Lipinski definition) is 0. The number of nitrogens with zero attached hydrogens (tertiary/aromatic N) is 3. The summed E-state index contributed by atoms with van der Waals surface area (Å²) in [6.45, 7) is 4.72. The molecule has 0 spiro atoms. The van der Waals surface area contributed by atoms with E-state index < -0.39 is 0 Å². The summed E-state index contributed by atoms with van der Waals surface area (Å²) in [5, 5.41) is 3.51. The lowest BCUT2D eigenvalue weighted by molar-refractivity contribution is 0.661. The number of rotatable bonds is 5. The third-order valence-corrected chi connectivity index (χ3v) is 11.8. The van der Waals surface area contributed by atoms with Crippen LogP contribution >= 0.6 is 0 Å². The molecule has 1 aliphatic rings. The number of benzene rings is 8. The van der Waals surface area contributed by atoms with Crippen LogP contribution in [0.5, 0.6) is 0 Å². The van der Waals surface area contributed by atoms with E-state index in [1.165, 1.54) is 49.6 Å². The lowest BCUT2D eigenvalue weighted by Crippen LogP contribution is -2.15. The summed E-state index contributed by atoms with van der Waals surface area (Å²) in [4.78, 5) is 10.6. The second-order valence-corrected chi connectivity index (χ2v) is 15.4. The molecule has 3 heteroatoms. The molecule has 0 bridgehead atoms. The van der Waals surface area contributed by atoms with Gasteiger partial charge in [0.1, 0.15) is 0 Å². The Morgan fingerprint density at radius 1 is 0.393 bits per heavy atom. The van der Waals surface area contributed by atoms with Crippen molar-refractivity contribution in [2.24, 2.45) is 0 Å². The zero-order valence-corrected chi connectivity index (χ0v) is 31.2. The van der Waals surface area contributed by atoms with Gasteiger partial charge in [-0.3, -0.25) is 0 Å². The lowest BCUT2D eigenvalue weighted by atomic mass is 9.82. The van der Waals surface area contributed by atoms with Crippen molar-refractivity contribution in [1.82, 2.24) is 14.5 Å². The van der Waals surface area contributed by atoms with Crippen molar-refractivity contribution in [3.63, 3.8) is 0 Å². The van der Waals surface area contributed by atoms with Gasteiger partial charge in [-0.1, -0.05) is 166 Å². The average Bonchev–Trinajstić information content (AvgIpc) is 3.70. The molecule has 2 heterocycles. The molecule has 0 N–H and O–H groups in total. The highest BCUT2D eigenvalue weighted by atomic mass is 15.0. The standard InChI is InChI=1S/C53H37N3/c1-53(2)45-25-12-9-22-40(45)43-32-44-41-23-11-14-27-48(41)56(50(44)33-46(43)53)49-31-38(28-29-39(49)35-18-7-4-8-19-35)52-54-47-26-13-10-24-42(47)51(55-52)37-21-15-20-36(30-37)34-16-5-3-6-17-34/h3-33H,1-2H3. The van der Waals surface area contributed by atoms with Crippen molar-refractivity contribution >= 4 is 32.7 Å². The third-order valence-electron chi connectivity index (χ3n) is 11.8. The van der Waals surface area contributed by atoms with Gasteiger partial charge >= 0.3 is 0 Å². The van der Waals surface area contributed by atoms with Gasteiger partial charge in [0, 0.05) is 38.3 Å². The first-order valence-corrected chi connectivity index (χ1v) is 19.3. The van der Waals surface area contributed by atoms with Crippen molar-refractivity contribution in [1.29, 1.82) is 0 Å². The molecule has 2 aromatic heterocycles. The van der Waals surface area contributed by atoms with Crippen LogP contribution in [0.4, 0.5) is 0 Å². The van der Waals surface area contributed by atoms with Gasteiger partial charge in [-0.05, 0) is 75.3 Å². The van der Waals surface area contributed by atoms with Gasteiger partial charge in [-0.15, -0.1) is 0 Å². The molecule has 1 aliphatic carbocycles. The Kier molecular flexibility index (Phi) is 7.20. The summed E-state index contributed by atoms with van der Waals surface area (Å²) < 4.78 is 2.47. The summed E-state index contributed by atoms with van der Waals surface area (Å²) in [5.41, 5.74) is 17.2. The maximum Gasteiger partial charge on any atom is 0.160 e. The first-order chi connectivity index (χ1) is 27.5. The monoisotopic (exact) mass is 715 g/mol. The topological polar surface area (TPSA) is 30.7 Å². The van der Waals surface area contributed by atoms with Crippen LogP contribution in [0.15, 0.2) is 188 Å². The molecular formula is C53H37N3. The van der Waals surface area contributed by atoms with E-state index in [9.17, 15) is 0 Å². The molecule has 0 radical (unpaired) electrons. The predicted molar refractivity (Wildman–Crippen MR) is 233 cm³/mol. The van der Waals surface area contributed by atoms with E-state index in [0.29, 0.717) is 5.82 Å². The smallest absolute Gasteiger partial charge is 0.160 e. The molecule has 0 saturated heterocycles. The van der Waals surface area contributed by atoms with Gasteiger partial charge < -0.3 is 4.57 Å². The molecule has 0 aliphatic heterocycles. The molecule has 8 aromatic carbocycles. The maximum absolute atomic E-state index is 5.39. The van der Waals surface area contributed by atoms with Crippen LogP contribution in [0.1, 0.15) is 25.0 Å². The molecule has 0 unspecified atom stereocenters. The summed E-state index contributed by atoms with van der Waals surface area (Å²) in [5.74, 6) is 0.697. The molecule has 10 aromatic rings. The number of fused-ring (bicyclic) bond motifs is 7. The molecule has 0 amide bonds. The van der Waals surface area contributed by atoms with Crippen LogP contribution < -0.4 is 0 Å². The summed E-state index contributed by atoms with van der Waals surface area (Å²) >= 11 is 0. The van der Waals surface area contributed by atoms with E-state index in [1.807, 2.05) is 0 Å². The quantitative estimate of drug-likeness (QED) is 0.178. The normalized spacial score (nSPS) is 13.0. The van der Waals surface area contributed by atoms with Gasteiger partial charge in [0.2, 0.25) is 0 Å². The van der Waals surface area contributed by atoms with E-state index in [-0.39, 0.29) is 5.41 Å². The fourth-order valence-electron chi connectivity index (χ4n) is 9.04. The third kappa shape index (κ3) is 4.98. The average molecular weight is 716 g/mol. The molecule has 0 atom stereocenters. The fourth-order valence-corrected chi connectivity index (χ4v) is 9.04. The minimum Gasteiger partial charge on any atom is -0.309 e. The highest BCUT2D eigenvalue weighted by Gasteiger charge is 2.36. The largest absolute Gasteiger partial charge is 0.309 e. The molecule has 264 valence electrons. The van der Waals surface area contributed by atoms with E-state index in [2.05, 4.69) is 206 Å². The number of para-hydroxylation sites is 2. The van der Waals surface area contributed by atoms with Crippen molar-refractivity contribution in [3.8, 4) is 61.7 Å². The molecule has 11 rings (SSSR count). The van der Waals surface area contributed by atoms with Gasteiger partial charge in [0.25, 0.3) is 0 Å². The van der Waals surface area contributed by atoms with E-state index in [0.717, 1.165) is 50.1 Å². The second-order valence-electron chi connectivity index (χ2n) is 15.4. The zero-order valence-electron chi connectivity index (χ0n) is 31.2. The van der Waals surface area contributed by atoms with Crippen LogP contribution in [-0.4, -0.2) is 14.5 Å². The van der Waals surface area contributed by atoms with E-state index >= 15 is 0 Å². The van der Waals surface area contributed by atoms with Gasteiger partial charge in [-0.2, -0.15) is 0 Å². The Balaban J connectivity index is 1.17. The molecule has 3 nitrogen and oxygen atoms in total. The van der Waals surface area contributed by atoms with Gasteiger partial charge in [-0.25, -0.2) is 9.97 Å². The minimum absolute atomic E-state index is 0.126. The van der Waals surface area contributed by atoms with Crippen molar-refractivity contribution in [3.05, 3.63) is 199 Å². The highest BCUT2D eigenvalue weighted by molar-refractivity contribution is 6.12. The first kappa shape index (κ1) is 32.3. The molecule has 0 saturated carbocycles. The van der Waals surface area contributed by atoms with Crippen molar-refractivity contribution in [2.45, 2.75) is 19.3 Å². The highest BCUT2D eigenvalue weighted by Crippen LogP contribution is 2.51. The Morgan fingerprint density at radius 3 is 1.91 bits per heavy atom. The summed E-state index contributed by atoms with van der Waals surface area (Å²) in [6.07, 6.45) is 0. The lowest BCUT2D eigenvalue weighted by Gasteiger charge is -2.22. The maximum atomic E-state index is 5.39. The van der Waals surface area contributed by atoms with E-state index in [1.54, 1.807) is 0 Å². The minimum atomic E-state index is -0.126. The molecular weight excluding hydrogens is 679 g/mol. The van der Waals surface area contributed by atoms with Crippen LogP contribution in [0.25, 0.3) is 94.4 Å².